The number of benzene rings is 1. The van der Waals surface area contributed by atoms with E-state index in [1.807, 2.05) is 0 Å². The Labute approximate surface area is 85.7 Å². The van der Waals surface area contributed by atoms with E-state index in [1.54, 1.807) is 0 Å². The highest BCUT2D eigenvalue weighted by Crippen LogP contribution is 2.18. The third-order valence-electron chi connectivity index (χ3n) is 1.84. The van der Waals surface area contributed by atoms with Crippen LogP contribution in [-0.4, -0.2) is 23.2 Å². The number of hydrogen-bond donors (Lipinski definition) is 2. The Kier molecular flexibility index (Phi) is 4.14. The van der Waals surface area contributed by atoms with Crippen LogP contribution in [0.2, 0.25) is 0 Å². The van der Waals surface area contributed by atoms with Crippen LogP contribution in [0.5, 0.6) is 0 Å². The van der Waals surface area contributed by atoms with Crippen molar-refractivity contribution in [1.82, 2.24) is 5.32 Å². The van der Waals surface area contributed by atoms with Crippen LogP contribution in [0.1, 0.15) is 5.56 Å². The first kappa shape index (κ1) is 11.5. The van der Waals surface area contributed by atoms with E-state index < -0.39 is 10.7 Å². The van der Waals surface area contributed by atoms with Gasteiger partial charge in [-0.3, -0.25) is 10.1 Å². The zero-order valence-electron chi connectivity index (χ0n) is 7.94. The molecule has 0 aliphatic heterocycles. The van der Waals surface area contributed by atoms with Crippen molar-refractivity contribution in [2.24, 2.45) is 0 Å². The van der Waals surface area contributed by atoms with Gasteiger partial charge in [-0.05, 0) is 12.1 Å². The summed E-state index contributed by atoms with van der Waals surface area (Å²) in [5, 5.41) is 21.8. The molecule has 0 bridgehead atoms. The van der Waals surface area contributed by atoms with Crippen LogP contribution >= 0.6 is 0 Å². The molecule has 15 heavy (non-hydrogen) atoms. The number of aliphatic hydroxyl groups is 1. The minimum Gasteiger partial charge on any atom is -0.395 e. The zero-order chi connectivity index (χ0) is 11.3. The molecule has 0 saturated carbocycles. The van der Waals surface area contributed by atoms with E-state index in [2.05, 4.69) is 5.32 Å². The van der Waals surface area contributed by atoms with E-state index >= 15 is 0 Å². The second-order valence-corrected chi connectivity index (χ2v) is 2.93. The van der Waals surface area contributed by atoms with Crippen molar-refractivity contribution in [1.29, 1.82) is 0 Å². The maximum Gasteiger partial charge on any atom is 0.274 e. The molecule has 0 aromatic heterocycles. The summed E-state index contributed by atoms with van der Waals surface area (Å²) in [5.74, 6) is -0.513. The van der Waals surface area contributed by atoms with Crippen LogP contribution in [0.25, 0.3) is 0 Å². The molecule has 0 radical (unpaired) electrons. The minimum atomic E-state index is -0.560. The highest BCUT2D eigenvalue weighted by molar-refractivity contribution is 5.40. The number of rotatable bonds is 5. The van der Waals surface area contributed by atoms with Gasteiger partial charge in [-0.25, -0.2) is 4.39 Å². The Morgan fingerprint density at radius 1 is 1.53 bits per heavy atom. The van der Waals surface area contributed by atoms with Gasteiger partial charge in [0.15, 0.2) is 0 Å². The second-order valence-electron chi connectivity index (χ2n) is 2.93. The summed E-state index contributed by atoms with van der Waals surface area (Å²) in [6.45, 7) is 0.408. The van der Waals surface area contributed by atoms with Gasteiger partial charge < -0.3 is 10.4 Å². The second kappa shape index (κ2) is 5.38. The molecule has 0 saturated heterocycles. The van der Waals surface area contributed by atoms with Crippen molar-refractivity contribution in [3.8, 4) is 0 Å². The van der Waals surface area contributed by atoms with Crippen LogP contribution in [-0.2, 0) is 6.54 Å². The summed E-state index contributed by atoms with van der Waals surface area (Å²) in [5.41, 5.74) is 0.148. The quantitative estimate of drug-likeness (QED) is 0.432. The topological polar surface area (TPSA) is 75.4 Å². The SMILES string of the molecule is O=[N+]([O-])c1ccc(F)cc1CNCCO. The smallest absolute Gasteiger partial charge is 0.274 e. The Morgan fingerprint density at radius 3 is 2.87 bits per heavy atom. The van der Waals surface area contributed by atoms with Gasteiger partial charge in [0.2, 0.25) is 0 Å². The van der Waals surface area contributed by atoms with Gasteiger partial charge >= 0.3 is 0 Å². The van der Waals surface area contributed by atoms with Crippen molar-refractivity contribution < 1.29 is 14.4 Å². The first-order valence-electron chi connectivity index (χ1n) is 4.39. The van der Waals surface area contributed by atoms with Crippen molar-refractivity contribution in [2.75, 3.05) is 13.2 Å². The summed E-state index contributed by atoms with van der Waals surface area (Å²) in [4.78, 5) is 10.0. The molecule has 1 aromatic rings. The van der Waals surface area contributed by atoms with E-state index in [1.165, 1.54) is 0 Å². The van der Waals surface area contributed by atoms with Crippen LogP contribution in [0.3, 0.4) is 0 Å². The first-order chi connectivity index (χ1) is 7.15. The predicted molar refractivity (Wildman–Crippen MR) is 51.8 cm³/mol. The number of nitro benzene ring substituents is 1. The molecule has 0 amide bonds. The van der Waals surface area contributed by atoms with Crippen molar-refractivity contribution >= 4 is 5.69 Å². The largest absolute Gasteiger partial charge is 0.395 e. The van der Waals surface area contributed by atoms with E-state index in [9.17, 15) is 14.5 Å². The van der Waals surface area contributed by atoms with Gasteiger partial charge in [-0.1, -0.05) is 0 Å². The third kappa shape index (κ3) is 3.26. The molecule has 0 aliphatic rings. The molecule has 2 N–H and O–H groups in total. The molecule has 6 heteroatoms. The fourth-order valence-corrected chi connectivity index (χ4v) is 1.18. The number of nitrogens with zero attached hydrogens (tertiary/aromatic N) is 1. The monoisotopic (exact) mass is 214 g/mol. The Hall–Kier alpha value is -1.53. The van der Waals surface area contributed by atoms with E-state index in [4.69, 9.17) is 5.11 Å². The van der Waals surface area contributed by atoms with Crippen molar-refractivity contribution in [2.45, 2.75) is 6.54 Å². The number of nitrogens with one attached hydrogen (secondary N) is 1. The van der Waals surface area contributed by atoms with E-state index in [-0.39, 0.29) is 24.4 Å². The zero-order valence-corrected chi connectivity index (χ0v) is 7.94. The fraction of sp³-hybridized carbons (Fsp3) is 0.333. The van der Waals surface area contributed by atoms with Gasteiger partial charge in [-0.2, -0.15) is 0 Å². The molecule has 5 nitrogen and oxygen atoms in total. The molecule has 0 aliphatic carbocycles. The molecule has 0 atom stereocenters. The van der Waals surface area contributed by atoms with E-state index in [0.29, 0.717) is 6.54 Å². The number of nitro groups is 1. The molecule has 0 unspecified atom stereocenters. The number of hydrogen-bond acceptors (Lipinski definition) is 4. The fourth-order valence-electron chi connectivity index (χ4n) is 1.18. The third-order valence-corrected chi connectivity index (χ3v) is 1.84. The maximum absolute atomic E-state index is 12.8. The first-order valence-corrected chi connectivity index (χ1v) is 4.39. The standard InChI is InChI=1S/C9H11FN2O3/c10-8-1-2-9(12(14)15)7(5-8)6-11-3-4-13/h1-2,5,11,13H,3-4,6H2. The molecule has 1 aromatic carbocycles. The van der Waals surface area contributed by atoms with Crippen molar-refractivity contribution in [3.05, 3.63) is 39.7 Å². The minimum absolute atomic E-state index is 0.0664. The lowest BCUT2D eigenvalue weighted by atomic mass is 10.1. The summed E-state index contributed by atoms with van der Waals surface area (Å²) >= 11 is 0. The van der Waals surface area contributed by atoms with Crippen LogP contribution in [0.15, 0.2) is 18.2 Å². The summed E-state index contributed by atoms with van der Waals surface area (Å²) < 4.78 is 12.8. The van der Waals surface area contributed by atoms with Gasteiger partial charge in [-0.15, -0.1) is 0 Å². The molecule has 82 valence electrons. The lowest BCUT2D eigenvalue weighted by Crippen LogP contribution is -2.18. The molecule has 1 rings (SSSR count). The van der Waals surface area contributed by atoms with E-state index in [0.717, 1.165) is 18.2 Å². The van der Waals surface area contributed by atoms with Gasteiger partial charge in [0.05, 0.1) is 11.5 Å². The molecular weight excluding hydrogens is 203 g/mol. The average molecular weight is 214 g/mol. The summed E-state index contributed by atoms with van der Waals surface area (Å²) in [6.07, 6.45) is 0. The predicted octanol–water partition coefficient (Wildman–Crippen LogP) is 0.816. The Balaban J connectivity index is 2.82. The van der Waals surface area contributed by atoms with Gasteiger partial charge in [0.1, 0.15) is 5.82 Å². The molecular formula is C9H11FN2O3. The average Bonchev–Trinajstić information content (AvgIpc) is 2.18. The van der Waals surface area contributed by atoms with Crippen LogP contribution in [0, 0.1) is 15.9 Å². The highest BCUT2D eigenvalue weighted by Gasteiger charge is 2.13. The van der Waals surface area contributed by atoms with Crippen LogP contribution < -0.4 is 5.32 Å². The maximum atomic E-state index is 12.8. The van der Waals surface area contributed by atoms with Crippen molar-refractivity contribution in [3.63, 3.8) is 0 Å². The Bertz CT molecular complexity index is 357. The van der Waals surface area contributed by atoms with Gasteiger partial charge in [0, 0.05) is 24.7 Å². The Morgan fingerprint density at radius 2 is 2.27 bits per heavy atom. The lowest BCUT2D eigenvalue weighted by Gasteiger charge is -2.04. The van der Waals surface area contributed by atoms with Gasteiger partial charge in [0.25, 0.3) is 5.69 Å². The molecule has 0 heterocycles. The number of aliphatic hydroxyl groups excluding tert-OH is 1. The lowest BCUT2D eigenvalue weighted by molar-refractivity contribution is -0.385. The molecule has 0 spiro atoms. The molecule has 0 fully saturated rings. The highest BCUT2D eigenvalue weighted by atomic mass is 19.1. The summed E-state index contributed by atoms with van der Waals surface area (Å²) in [7, 11) is 0. The van der Waals surface area contributed by atoms with Crippen LogP contribution in [0.4, 0.5) is 10.1 Å². The number of halogens is 1. The summed E-state index contributed by atoms with van der Waals surface area (Å²) in [6, 6.07) is 3.29. The normalized spacial score (nSPS) is 10.3.